The third-order valence-corrected chi connectivity index (χ3v) is 4.15. The van der Waals surface area contributed by atoms with Gasteiger partial charge >= 0.3 is 5.97 Å². The molecule has 1 aromatic rings. The Morgan fingerprint density at radius 1 is 1.43 bits per heavy atom. The molecule has 0 radical (unpaired) electrons. The molecular formula is C17H26NO3+. The molecule has 1 heterocycles. The Bertz CT molecular complexity index is 487. The minimum Gasteiger partial charge on any atom is -0.496 e. The summed E-state index contributed by atoms with van der Waals surface area (Å²) in [4.78, 5) is 13.3. The number of quaternary nitrogens is 1. The molecule has 0 saturated carbocycles. The Balaban J connectivity index is 1.96. The highest BCUT2D eigenvalue weighted by molar-refractivity contribution is 5.72. The predicted octanol–water partition coefficient (Wildman–Crippen LogP) is 1.36. The van der Waals surface area contributed by atoms with E-state index in [0.717, 1.165) is 43.8 Å². The Hall–Kier alpha value is -1.55. The van der Waals surface area contributed by atoms with Gasteiger partial charge in [0.05, 0.1) is 26.8 Å². The quantitative estimate of drug-likeness (QED) is 0.833. The fraction of sp³-hybridized carbons (Fsp3) is 0.588. The smallest absolute Gasteiger partial charge is 0.314 e. The summed E-state index contributed by atoms with van der Waals surface area (Å²) in [7, 11) is 1.70. The number of methoxy groups -OCH3 is 1. The maximum Gasteiger partial charge on any atom is 0.314 e. The third kappa shape index (κ3) is 4.21. The Labute approximate surface area is 127 Å². The van der Waals surface area contributed by atoms with Gasteiger partial charge in [0.15, 0.2) is 0 Å². The van der Waals surface area contributed by atoms with Crippen LogP contribution < -0.4 is 9.64 Å². The van der Waals surface area contributed by atoms with E-state index in [4.69, 9.17) is 9.47 Å². The predicted molar refractivity (Wildman–Crippen MR) is 81.5 cm³/mol. The number of nitrogens with one attached hydrogen (secondary N) is 1. The summed E-state index contributed by atoms with van der Waals surface area (Å²) in [5.74, 6) is 0.963. The number of carbonyl (C=O) groups excluding carboxylic acids is 1. The second kappa shape index (κ2) is 7.46. The fourth-order valence-electron chi connectivity index (χ4n) is 3.11. The van der Waals surface area contributed by atoms with E-state index in [1.165, 1.54) is 10.5 Å². The van der Waals surface area contributed by atoms with Crippen molar-refractivity contribution >= 4 is 5.97 Å². The second-order valence-electron chi connectivity index (χ2n) is 5.78. The molecule has 0 aromatic heterocycles. The van der Waals surface area contributed by atoms with Crippen molar-refractivity contribution in [3.8, 4) is 5.75 Å². The molecule has 0 spiro atoms. The molecule has 2 rings (SSSR count). The van der Waals surface area contributed by atoms with Crippen molar-refractivity contribution < 1.29 is 19.2 Å². The van der Waals surface area contributed by atoms with Crippen LogP contribution in [0.4, 0.5) is 0 Å². The molecule has 1 aromatic carbocycles. The monoisotopic (exact) mass is 292 g/mol. The zero-order valence-electron chi connectivity index (χ0n) is 13.3. The number of carbonyl (C=O) groups is 1. The first-order valence-electron chi connectivity index (χ1n) is 7.77. The van der Waals surface area contributed by atoms with Crippen molar-refractivity contribution in [1.82, 2.24) is 0 Å². The van der Waals surface area contributed by atoms with E-state index in [2.05, 4.69) is 19.1 Å². The fourth-order valence-corrected chi connectivity index (χ4v) is 3.11. The maximum atomic E-state index is 11.9. The SMILES string of the molecule is CCOC(=O)[C@@H]1CCC[NH+](Cc2ccc(OC)c(C)c2)C1. The van der Waals surface area contributed by atoms with Gasteiger partial charge in [0.1, 0.15) is 18.2 Å². The summed E-state index contributed by atoms with van der Waals surface area (Å²) >= 11 is 0. The largest absolute Gasteiger partial charge is 0.496 e. The van der Waals surface area contributed by atoms with E-state index in [9.17, 15) is 4.79 Å². The first-order valence-corrected chi connectivity index (χ1v) is 7.77. The highest BCUT2D eigenvalue weighted by Gasteiger charge is 2.29. The molecule has 1 fully saturated rings. The highest BCUT2D eigenvalue weighted by atomic mass is 16.5. The molecule has 1 aliphatic rings. The van der Waals surface area contributed by atoms with Gasteiger partial charge < -0.3 is 14.4 Å². The number of piperidine rings is 1. The van der Waals surface area contributed by atoms with Crippen LogP contribution in [-0.2, 0) is 16.1 Å². The molecule has 0 bridgehead atoms. The van der Waals surface area contributed by atoms with Crippen molar-refractivity contribution in [1.29, 1.82) is 0 Å². The van der Waals surface area contributed by atoms with E-state index < -0.39 is 0 Å². The molecule has 1 saturated heterocycles. The van der Waals surface area contributed by atoms with Crippen LogP contribution in [0.15, 0.2) is 18.2 Å². The van der Waals surface area contributed by atoms with Crippen molar-refractivity contribution in [2.45, 2.75) is 33.2 Å². The molecule has 1 aliphatic heterocycles. The van der Waals surface area contributed by atoms with Gasteiger partial charge in [0, 0.05) is 5.56 Å². The Kier molecular flexibility index (Phi) is 5.62. The third-order valence-electron chi connectivity index (χ3n) is 4.15. The molecule has 4 nitrogen and oxygen atoms in total. The van der Waals surface area contributed by atoms with Crippen LogP contribution >= 0.6 is 0 Å². The van der Waals surface area contributed by atoms with Crippen molar-refractivity contribution in [3.05, 3.63) is 29.3 Å². The highest BCUT2D eigenvalue weighted by Crippen LogP contribution is 2.18. The van der Waals surface area contributed by atoms with Crippen molar-refractivity contribution in [2.24, 2.45) is 5.92 Å². The van der Waals surface area contributed by atoms with Crippen LogP contribution in [0.25, 0.3) is 0 Å². The average Bonchev–Trinajstić information content (AvgIpc) is 2.48. The van der Waals surface area contributed by atoms with Crippen LogP contribution in [0, 0.1) is 12.8 Å². The molecule has 1 unspecified atom stereocenters. The van der Waals surface area contributed by atoms with E-state index in [1.54, 1.807) is 7.11 Å². The summed E-state index contributed by atoms with van der Waals surface area (Å²) in [6.07, 6.45) is 2.05. The lowest BCUT2D eigenvalue weighted by Crippen LogP contribution is -3.12. The maximum absolute atomic E-state index is 11.9. The van der Waals surface area contributed by atoms with E-state index in [-0.39, 0.29) is 11.9 Å². The number of esters is 1. The lowest BCUT2D eigenvalue weighted by atomic mass is 9.97. The summed E-state index contributed by atoms with van der Waals surface area (Å²) in [6, 6.07) is 6.32. The van der Waals surface area contributed by atoms with E-state index in [1.807, 2.05) is 13.0 Å². The second-order valence-corrected chi connectivity index (χ2v) is 5.78. The molecule has 21 heavy (non-hydrogen) atoms. The Morgan fingerprint density at radius 3 is 2.90 bits per heavy atom. The van der Waals surface area contributed by atoms with Gasteiger partial charge in [-0.25, -0.2) is 0 Å². The van der Waals surface area contributed by atoms with E-state index in [0.29, 0.717) is 6.61 Å². The van der Waals surface area contributed by atoms with Gasteiger partial charge in [-0.05, 0) is 50.5 Å². The number of hydrogen-bond donors (Lipinski definition) is 1. The van der Waals surface area contributed by atoms with Gasteiger partial charge in [-0.2, -0.15) is 0 Å². The van der Waals surface area contributed by atoms with Crippen molar-refractivity contribution in [2.75, 3.05) is 26.8 Å². The summed E-state index contributed by atoms with van der Waals surface area (Å²) in [5, 5.41) is 0. The summed E-state index contributed by atoms with van der Waals surface area (Å²) in [6.45, 7) is 7.37. The molecule has 4 heteroatoms. The molecule has 116 valence electrons. The van der Waals surface area contributed by atoms with Crippen LogP contribution in [0.3, 0.4) is 0 Å². The molecule has 0 amide bonds. The summed E-state index contributed by atoms with van der Waals surface area (Å²) < 4.78 is 10.5. The molecule has 1 N–H and O–H groups in total. The van der Waals surface area contributed by atoms with Crippen LogP contribution in [0.5, 0.6) is 5.75 Å². The number of ether oxygens (including phenoxy) is 2. The van der Waals surface area contributed by atoms with E-state index >= 15 is 0 Å². The zero-order chi connectivity index (χ0) is 15.2. The van der Waals surface area contributed by atoms with Crippen LogP contribution in [0.1, 0.15) is 30.9 Å². The molecule has 2 atom stereocenters. The topological polar surface area (TPSA) is 40.0 Å². The van der Waals surface area contributed by atoms with Gasteiger partial charge in [0.25, 0.3) is 0 Å². The molecule has 0 aliphatic carbocycles. The van der Waals surface area contributed by atoms with Crippen LogP contribution in [0.2, 0.25) is 0 Å². The number of benzene rings is 1. The Morgan fingerprint density at radius 2 is 2.24 bits per heavy atom. The minimum absolute atomic E-state index is 0.0272. The minimum atomic E-state index is -0.0272. The number of aryl methyl sites for hydroxylation is 1. The average molecular weight is 292 g/mol. The normalized spacial score (nSPS) is 21.9. The summed E-state index contributed by atoms with van der Waals surface area (Å²) in [5.41, 5.74) is 2.46. The standard InChI is InChI=1S/C17H25NO3/c1-4-21-17(19)15-6-5-9-18(12-15)11-14-7-8-16(20-3)13(2)10-14/h7-8,10,15H,4-6,9,11-12H2,1-3H3/p+1/t15-/m1/s1. The van der Waals surface area contributed by atoms with Crippen LogP contribution in [-0.4, -0.2) is 32.8 Å². The number of hydrogen-bond acceptors (Lipinski definition) is 3. The van der Waals surface area contributed by atoms with Gasteiger partial charge in [-0.15, -0.1) is 0 Å². The van der Waals surface area contributed by atoms with Crippen molar-refractivity contribution in [3.63, 3.8) is 0 Å². The lowest BCUT2D eigenvalue weighted by molar-refractivity contribution is -0.921. The lowest BCUT2D eigenvalue weighted by Gasteiger charge is -2.28. The zero-order valence-corrected chi connectivity index (χ0v) is 13.3. The first kappa shape index (κ1) is 15.8. The number of rotatable bonds is 5. The number of likely N-dealkylation sites (tertiary alicyclic amines) is 1. The first-order chi connectivity index (χ1) is 10.1. The van der Waals surface area contributed by atoms with Gasteiger partial charge in [-0.1, -0.05) is 0 Å². The molecular weight excluding hydrogens is 266 g/mol. The van der Waals surface area contributed by atoms with Gasteiger partial charge in [-0.3, -0.25) is 4.79 Å². The van der Waals surface area contributed by atoms with Gasteiger partial charge in [0.2, 0.25) is 0 Å².